The molecular weight excluding hydrogens is 262 g/mol. The van der Waals surface area contributed by atoms with E-state index in [2.05, 4.69) is 5.32 Å². The Morgan fingerprint density at radius 2 is 2.00 bits per heavy atom. The van der Waals surface area contributed by atoms with Gasteiger partial charge in [-0.1, -0.05) is 36.8 Å². The molecule has 1 N–H and O–H groups in total. The van der Waals surface area contributed by atoms with Gasteiger partial charge in [-0.2, -0.15) is 8.42 Å². The van der Waals surface area contributed by atoms with Gasteiger partial charge in [0.15, 0.2) is 0 Å². The van der Waals surface area contributed by atoms with Gasteiger partial charge >= 0.3 is 0 Å². The highest BCUT2D eigenvalue weighted by Crippen LogP contribution is 2.12. The van der Waals surface area contributed by atoms with Crippen LogP contribution in [-0.4, -0.2) is 27.6 Å². The highest BCUT2D eigenvalue weighted by Gasteiger charge is 2.16. The third-order valence-corrected chi connectivity index (χ3v) is 4.54. The average Bonchev–Trinajstić information content (AvgIpc) is 2.40. The zero-order valence-corrected chi connectivity index (χ0v) is 11.9. The molecule has 5 heteroatoms. The van der Waals surface area contributed by atoms with E-state index in [1.54, 1.807) is 12.1 Å². The molecule has 0 bridgehead atoms. The third-order valence-electron chi connectivity index (χ3n) is 3.33. The molecule has 0 radical (unpaired) electrons. The quantitative estimate of drug-likeness (QED) is 0.812. The Hall–Kier alpha value is -0.910. The normalized spacial score (nSPS) is 20.3. The standard InChI is InChI=1S/C14H21NO3S/c16-19(17,12-13-6-2-1-3-7-13)18-11-9-14-8-4-5-10-15-14/h1-3,6-7,14-15H,4-5,8-12H2. The number of hydrogen-bond donors (Lipinski definition) is 1. The van der Waals surface area contributed by atoms with E-state index < -0.39 is 10.1 Å². The van der Waals surface area contributed by atoms with Crippen molar-refractivity contribution < 1.29 is 12.6 Å². The molecule has 4 nitrogen and oxygen atoms in total. The number of rotatable bonds is 6. The summed E-state index contributed by atoms with van der Waals surface area (Å²) in [4.78, 5) is 0. The summed E-state index contributed by atoms with van der Waals surface area (Å²) < 4.78 is 28.7. The maximum Gasteiger partial charge on any atom is 0.271 e. The fourth-order valence-corrected chi connectivity index (χ4v) is 3.34. The van der Waals surface area contributed by atoms with Crippen molar-refractivity contribution in [2.75, 3.05) is 13.2 Å². The van der Waals surface area contributed by atoms with Crippen LogP contribution >= 0.6 is 0 Å². The molecule has 106 valence electrons. The van der Waals surface area contributed by atoms with Crippen molar-refractivity contribution in [2.24, 2.45) is 0 Å². The first-order valence-electron chi connectivity index (χ1n) is 6.80. The van der Waals surface area contributed by atoms with Crippen LogP contribution in [0, 0.1) is 0 Å². The van der Waals surface area contributed by atoms with E-state index in [4.69, 9.17) is 4.18 Å². The summed E-state index contributed by atoms with van der Waals surface area (Å²) in [5.41, 5.74) is 0.762. The Labute approximate surface area is 115 Å². The summed E-state index contributed by atoms with van der Waals surface area (Å²) in [6.07, 6.45) is 4.30. The molecule has 1 aromatic rings. The van der Waals surface area contributed by atoms with Crippen molar-refractivity contribution in [3.05, 3.63) is 35.9 Å². The van der Waals surface area contributed by atoms with Gasteiger partial charge in [-0.3, -0.25) is 4.18 Å². The highest BCUT2D eigenvalue weighted by atomic mass is 32.2. The van der Waals surface area contributed by atoms with Gasteiger partial charge in [0.05, 0.1) is 6.61 Å². The van der Waals surface area contributed by atoms with Crippen molar-refractivity contribution >= 4 is 10.1 Å². The van der Waals surface area contributed by atoms with E-state index >= 15 is 0 Å². The molecular formula is C14H21NO3S. The Bertz CT molecular complexity index is 467. The first-order valence-corrected chi connectivity index (χ1v) is 8.38. The molecule has 1 aromatic carbocycles. The first-order chi connectivity index (χ1) is 9.16. The molecule has 0 aromatic heterocycles. The maximum absolute atomic E-state index is 11.8. The van der Waals surface area contributed by atoms with E-state index in [1.807, 2.05) is 18.2 Å². The topological polar surface area (TPSA) is 55.4 Å². The van der Waals surface area contributed by atoms with Crippen molar-refractivity contribution in [3.63, 3.8) is 0 Å². The molecule has 1 heterocycles. The lowest BCUT2D eigenvalue weighted by Crippen LogP contribution is -2.35. The van der Waals surface area contributed by atoms with Gasteiger partial charge in [0.25, 0.3) is 10.1 Å². The first kappa shape index (κ1) is 14.5. The fourth-order valence-electron chi connectivity index (χ4n) is 2.31. The van der Waals surface area contributed by atoms with Crippen LogP contribution in [0.1, 0.15) is 31.2 Å². The number of piperidine rings is 1. The molecule has 0 spiro atoms. The van der Waals surface area contributed by atoms with E-state index in [-0.39, 0.29) is 12.4 Å². The molecule has 0 amide bonds. The van der Waals surface area contributed by atoms with E-state index in [9.17, 15) is 8.42 Å². The van der Waals surface area contributed by atoms with Crippen LogP contribution in [0.4, 0.5) is 0 Å². The lowest BCUT2D eigenvalue weighted by atomic mass is 10.0. The van der Waals surface area contributed by atoms with Crippen molar-refractivity contribution in [2.45, 2.75) is 37.5 Å². The average molecular weight is 283 g/mol. The van der Waals surface area contributed by atoms with Gasteiger partial charge in [-0.05, 0) is 31.4 Å². The summed E-state index contributed by atoms with van der Waals surface area (Å²) in [5, 5.41) is 3.38. The van der Waals surface area contributed by atoms with Crippen LogP contribution in [0.15, 0.2) is 30.3 Å². The smallest absolute Gasteiger partial charge is 0.271 e. The second-order valence-electron chi connectivity index (χ2n) is 4.95. The van der Waals surface area contributed by atoms with Gasteiger partial charge in [-0.25, -0.2) is 0 Å². The number of hydrogen-bond acceptors (Lipinski definition) is 4. The zero-order chi connectivity index (χ0) is 13.6. The van der Waals surface area contributed by atoms with Gasteiger partial charge in [0.1, 0.15) is 5.75 Å². The Morgan fingerprint density at radius 1 is 1.21 bits per heavy atom. The molecule has 1 aliphatic rings. The van der Waals surface area contributed by atoms with Crippen LogP contribution in [0.3, 0.4) is 0 Å². The second kappa shape index (κ2) is 7.03. The Balaban J connectivity index is 1.74. The summed E-state index contributed by atoms with van der Waals surface area (Å²) >= 11 is 0. The van der Waals surface area contributed by atoms with Gasteiger partial charge in [-0.15, -0.1) is 0 Å². The monoisotopic (exact) mass is 283 g/mol. The van der Waals surface area contributed by atoms with Crippen molar-refractivity contribution in [3.8, 4) is 0 Å². The third kappa shape index (κ3) is 5.30. The zero-order valence-electron chi connectivity index (χ0n) is 11.0. The predicted octanol–water partition coefficient (Wildman–Crippen LogP) is 2.07. The molecule has 2 rings (SSSR count). The summed E-state index contributed by atoms with van der Waals surface area (Å²) in [7, 11) is -3.46. The van der Waals surface area contributed by atoms with Crippen molar-refractivity contribution in [1.29, 1.82) is 0 Å². The molecule has 1 aliphatic heterocycles. The highest BCUT2D eigenvalue weighted by molar-refractivity contribution is 7.85. The predicted molar refractivity (Wildman–Crippen MR) is 75.3 cm³/mol. The van der Waals surface area contributed by atoms with Gasteiger partial charge < -0.3 is 5.32 Å². The molecule has 19 heavy (non-hydrogen) atoms. The minimum atomic E-state index is -3.46. The molecule has 1 unspecified atom stereocenters. The Kier molecular flexibility index (Phi) is 5.36. The second-order valence-corrected chi connectivity index (χ2v) is 6.58. The van der Waals surface area contributed by atoms with Crippen LogP contribution < -0.4 is 5.32 Å². The summed E-state index contributed by atoms with van der Waals surface area (Å²) in [6, 6.07) is 9.52. The molecule has 1 atom stereocenters. The van der Waals surface area contributed by atoms with E-state index in [1.165, 1.54) is 12.8 Å². The van der Waals surface area contributed by atoms with Crippen molar-refractivity contribution in [1.82, 2.24) is 5.32 Å². The van der Waals surface area contributed by atoms with Gasteiger partial charge in [0, 0.05) is 6.04 Å². The van der Waals surface area contributed by atoms with Crippen LogP contribution in [0.2, 0.25) is 0 Å². The SMILES string of the molecule is O=S(=O)(Cc1ccccc1)OCCC1CCCCN1. The minimum absolute atomic E-state index is 0.0497. The summed E-state index contributed by atoms with van der Waals surface area (Å²) in [6.45, 7) is 1.30. The largest absolute Gasteiger partial charge is 0.314 e. The molecule has 1 fully saturated rings. The van der Waals surface area contributed by atoms with Crippen LogP contribution in [0.5, 0.6) is 0 Å². The molecule has 1 saturated heterocycles. The Morgan fingerprint density at radius 3 is 2.68 bits per heavy atom. The fraction of sp³-hybridized carbons (Fsp3) is 0.571. The van der Waals surface area contributed by atoms with Crippen LogP contribution in [0.25, 0.3) is 0 Å². The molecule has 0 aliphatic carbocycles. The lowest BCUT2D eigenvalue weighted by molar-refractivity contribution is 0.271. The van der Waals surface area contributed by atoms with E-state index in [0.29, 0.717) is 6.04 Å². The lowest BCUT2D eigenvalue weighted by Gasteiger charge is -2.23. The van der Waals surface area contributed by atoms with Crippen LogP contribution in [-0.2, 0) is 20.1 Å². The maximum atomic E-state index is 11.8. The van der Waals surface area contributed by atoms with E-state index in [0.717, 1.165) is 24.9 Å². The number of nitrogens with one attached hydrogen (secondary N) is 1. The summed E-state index contributed by atoms with van der Waals surface area (Å²) in [5.74, 6) is -0.0497. The number of benzene rings is 1. The molecule has 0 saturated carbocycles. The van der Waals surface area contributed by atoms with Gasteiger partial charge in [0.2, 0.25) is 0 Å². The minimum Gasteiger partial charge on any atom is -0.314 e.